The molecule has 168 valence electrons. The van der Waals surface area contributed by atoms with Crippen molar-refractivity contribution in [3.63, 3.8) is 0 Å². The lowest BCUT2D eigenvalue weighted by Gasteiger charge is -2.30. The number of ether oxygens (including phenoxy) is 1. The first-order valence-corrected chi connectivity index (χ1v) is 12.3. The maximum Gasteiger partial charge on any atom is 0.270 e. The zero-order valence-corrected chi connectivity index (χ0v) is 19.2. The van der Waals surface area contributed by atoms with Gasteiger partial charge in [0.2, 0.25) is 10.0 Å². The first kappa shape index (κ1) is 22.3. The summed E-state index contributed by atoms with van der Waals surface area (Å²) in [5.41, 5.74) is 1.13. The SMILES string of the molecule is COc1ccccc1-c1nnc(C2CCN(S(=O)(=O)c3cc([N+](=O)[O-])ccc3C)CC2)s1. The van der Waals surface area contributed by atoms with E-state index in [1.165, 1.54) is 27.8 Å². The minimum absolute atomic E-state index is 0.0143. The van der Waals surface area contributed by atoms with Crippen LogP contribution in [0, 0.1) is 17.0 Å². The Morgan fingerprint density at radius 1 is 1.16 bits per heavy atom. The molecule has 1 fully saturated rings. The van der Waals surface area contributed by atoms with E-state index in [2.05, 4.69) is 10.2 Å². The molecule has 4 rings (SSSR count). The first-order valence-electron chi connectivity index (χ1n) is 10.0. The van der Waals surface area contributed by atoms with Gasteiger partial charge in [-0.25, -0.2) is 8.42 Å². The average Bonchev–Trinajstić information content (AvgIpc) is 3.29. The third-order valence-corrected chi connectivity index (χ3v) is 8.74. The number of sulfonamides is 1. The average molecular weight is 475 g/mol. The molecule has 2 heterocycles. The van der Waals surface area contributed by atoms with E-state index in [4.69, 9.17) is 4.74 Å². The lowest BCUT2D eigenvalue weighted by molar-refractivity contribution is -0.385. The highest BCUT2D eigenvalue weighted by atomic mass is 32.2. The summed E-state index contributed by atoms with van der Waals surface area (Å²) in [6.45, 7) is 2.28. The Balaban J connectivity index is 1.50. The molecule has 0 spiro atoms. The van der Waals surface area contributed by atoms with Crippen molar-refractivity contribution >= 4 is 27.0 Å². The number of hydrogen-bond acceptors (Lipinski definition) is 8. The molecule has 3 aromatic rings. The quantitative estimate of drug-likeness (QED) is 0.392. The summed E-state index contributed by atoms with van der Waals surface area (Å²) in [6.07, 6.45) is 1.21. The third kappa shape index (κ3) is 4.23. The summed E-state index contributed by atoms with van der Waals surface area (Å²) in [5.74, 6) is 0.831. The van der Waals surface area contributed by atoms with Crippen molar-refractivity contribution in [1.82, 2.24) is 14.5 Å². The monoisotopic (exact) mass is 474 g/mol. The van der Waals surface area contributed by atoms with Gasteiger partial charge in [0.1, 0.15) is 10.8 Å². The molecule has 11 heteroatoms. The van der Waals surface area contributed by atoms with Gasteiger partial charge in [0.15, 0.2) is 5.01 Å². The zero-order chi connectivity index (χ0) is 22.9. The molecule has 1 aliphatic rings. The number of hydrogen-bond donors (Lipinski definition) is 0. The van der Waals surface area contributed by atoms with Gasteiger partial charge in [0.05, 0.1) is 22.5 Å². The molecule has 9 nitrogen and oxygen atoms in total. The Kier molecular flexibility index (Phi) is 6.22. The van der Waals surface area contributed by atoms with Gasteiger partial charge in [-0.05, 0) is 37.5 Å². The summed E-state index contributed by atoms with van der Waals surface area (Å²) in [6, 6.07) is 11.5. The fourth-order valence-corrected chi connectivity index (χ4v) is 6.55. The Morgan fingerprint density at radius 3 is 2.56 bits per heavy atom. The van der Waals surface area contributed by atoms with Gasteiger partial charge in [-0.15, -0.1) is 10.2 Å². The highest BCUT2D eigenvalue weighted by Crippen LogP contribution is 2.37. The lowest BCUT2D eigenvalue weighted by atomic mass is 9.99. The number of aryl methyl sites for hydroxylation is 1. The van der Waals surface area contributed by atoms with E-state index < -0.39 is 14.9 Å². The Morgan fingerprint density at radius 2 is 1.88 bits per heavy atom. The molecule has 0 aliphatic carbocycles. The minimum Gasteiger partial charge on any atom is -0.496 e. The van der Waals surface area contributed by atoms with E-state index >= 15 is 0 Å². The Hall–Kier alpha value is -2.89. The second-order valence-electron chi connectivity index (χ2n) is 7.53. The van der Waals surface area contributed by atoms with E-state index in [9.17, 15) is 18.5 Å². The van der Waals surface area contributed by atoms with Crippen molar-refractivity contribution in [2.45, 2.75) is 30.6 Å². The van der Waals surface area contributed by atoms with Crippen LogP contribution in [0.3, 0.4) is 0 Å². The number of benzene rings is 2. The fourth-order valence-electron chi connectivity index (χ4n) is 3.79. The van der Waals surface area contributed by atoms with Crippen LogP contribution in [0.25, 0.3) is 10.6 Å². The van der Waals surface area contributed by atoms with Crippen molar-refractivity contribution in [1.29, 1.82) is 0 Å². The van der Waals surface area contributed by atoms with Crippen molar-refractivity contribution in [3.05, 3.63) is 63.1 Å². The van der Waals surface area contributed by atoms with Crippen LogP contribution in [0.1, 0.15) is 29.3 Å². The molecule has 0 N–H and O–H groups in total. The number of methoxy groups -OCH3 is 1. The van der Waals surface area contributed by atoms with Gasteiger partial charge in [-0.3, -0.25) is 10.1 Å². The number of nitro benzene ring substituents is 1. The van der Waals surface area contributed by atoms with Crippen LogP contribution in [0.15, 0.2) is 47.4 Å². The van der Waals surface area contributed by atoms with E-state index in [1.54, 1.807) is 14.0 Å². The van der Waals surface area contributed by atoms with Crippen LogP contribution in [-0.4, -0.2) is 48.0 Å². The van der Waals surface area contributed by atoms with Gasteiger partial charge in [-0.2, -0.15) is 4.31 Å². The Labute approximate surface area is 189 Å². The largest absolute Gasteiger partial charge is 0.496 e. The van der Waals surface area contributed by atoms with Gasteiger partial charge in [0.25, 0.3) is 5.69 Å². The van der Waals surface area contributed by atoms with Gasteiger partial charge >= 0.3 is 0 Å². The number of aromatic nitrogens is 2. The molecule has 0 amide bonds. The van der Waals surface area contributed by atoms with E-state index in [1.807, 2.05) is 24.3 Å². The number of nitrogens with zero attached hydrogens (tertiary/aromatic N) is 4. The molecular formula is C21H22N4O5S2. The predicted octanol–water partition coefficient (Wildman–Crippen LogP) is 4.00. The molecule has 32 heavy (non-hydrogen) atoms. The second kappa shape index (κ2) is 8.93. The maximum absolute atomic E-state index is 13.1. The molecule has 0 saturated carbocycles. The van der Waals surface area contributed by atoms with Crippen molar-refractivity contribution in [2.75, 3.05) is 20.2 Å². The lowest BCUT2D eigenvalue weighted by Crippen LogP contribution is -2.38. The fraction of sp³-hybridized carbons (Fsp3) is 0.333. The van der Waals surface area contributed by atoms with Crippen LogP contribution in [0.4, 0.5) is 5.69 Å². The first-order chi connectivity index (χ1) is 15.3. The summed E-state index contributed by atoms with van der Waals surface area (Å²) < 4.78 is 33.1. The second-order valence-corrected chi connectivity index (χ2v) is 10.4. The molecule has 0 radical (unpaired) electrons. The van der Waals surface area contributed by atoms with Gasteiger partial charge in [-0.1, -0.05) is 29.5 Å². The summed E-state index contributed by atoms with van der Waals surface area (Å²) in [5, 5.41) is 21.4. The molecule has 0 unspecified atom stereocenters. The van der Waals surface area contributed by atoms with Crippen LogP contribution in [0.5, 0.6) is 5.75 Å². The van der Waals surface area contributed by atoms with Crippen molar-refractivity contribution in [2.24, 2.45) is 0 Å². The van der Waals surface area contributed by atoms with Gasteiger partial charge < -0.3 is 4.74 Å². The van der Waals surface area contributed by atoms with E-state index in [-0.39, 0.29) is 16.5 Å². The number of nitro groups is 1. The van der Waals surface area contributed by atoms with E-state index in [0.717, 1.165) is 27.4 Å². The number of piperidine rings is 1. The number of non-ortho nitro benzene ring substituents is 1. The maximum atomic E-state index is 13.1. The van der Waals surface area contributed by atoms with Crippen LogP contribution in [-0.2, 0) is 10.0 Å². The topological polar surface area (TPSA) is 116 Å². The van der Waals surface area contributed by atoms with Crippen molar-refractivity contribution in [3.8, 4) is 16.3 Å². The van der Waals surface area contributed by atoms with Crippen LogP contribution in [0.2, 0.25) is 0 Å². The van der Waals surface area contributed by atoms with Gasteiger partial charge in [0, 0.05) is 31.1 Å². The third-order valence-electron chi connectivity index (χ3n) is 5.58. The molecule has 1 aromatic heterocycles. The standard InChI is InChI=1S/C21H22N4O5S2/c1-14-7-8-16(25(26)27)13-19(14)32(28,29)24-11-9-15(10-12-24)20-22-23-21(31-20)17-5-3-4-6-18(17)30-2/h3-8,13,15H,9-12H2,1-2H3. The molecule has 0 atom stereocenters. The van der Waals surface area contributed by atoms with Crippen LogP contribution < -0.4 is 4.74 Å². The minimum atomic E-state index is -3.82. The molecule has 2 aromatic carbocycles. The normalized spacial score (nSPS) is 15.6. The molecule has 1 saturated heterocycles. The summed E-state index contributed by atoms with van der Waals surface area (Å²) in [7, 11) is -2.21. The predicted molar refractivity (Wildman–Crippen MR) is 120 cm³/mol. The molecule has 1 aliphatic heterocycles. The zero-order valence-electron chi connectivity index (χ0n) is 17.6. The molecular weight excluding hydrogens is 452 g/mol. The summed E-state index contributed by atoms with van der Waals surface area (Å²) in [4.78, 5) is 10.5. The van der Waals surface area contributed by atoms with Crippen molar-refractivity contribution < 1.29 is 18.1 Å². The van der Waals surface area contributed by atoms with Crippen LogP contribution >= 0.6 is 11.3 Å². The van der Waals surface area contributed by atoms with E-state index in [0.29, 0.717) is 31.5 Å². The Bertz CT molecular complexity index is 1250. The highest BCUT2D eigenvalue weighted by Gasteiger charge is 2.33. The highest BCUT2D eigenvalue weighted by molar-refractivity contribution is 7.89. The number of rotatable bonds is 6. The number of para-hydroxylation sites is 1. The molecule has 0 bridgehead atoms. The summed E-state index contributed by atoms with van der Waals surface area (Å²) >= 11 is 1.49. The smallest absolute Gasteiger partial charge is 0.270 e.